The molecule has 0 radical (unpaired) electrons. The molecule has 1 aliphatic carbocycles. The zero-order valence-electron chi connectivity index (χ0n) is 12.8. The average Bonchev–Trinajstić information content (AvgIpc) is 3.15. The van der Waals surface area contributed by atoms with Crippen LogP contribution in [-0.4, -0.2) is 42.4 Å². The molecule has 2 aliphatic heterocycles. The van der Waals surface area contributed by atoms with Gasteiger partial charge in [-0.15, -0.1) is 11.3 Å². The summed E-state index contributed by atoms with van der Waals surface area (Å²) in [5, 5.41) is 12.8. The summed E-state index contributed by atoms with van der Waals surface area (Å²) in [4.78, 5) is 12.6. The number of carboxylic acids is 1. The van der Waals surface area contributed by atoms with Crippen LogP contribution in [0.5, 0.6) is 0 Å². The van der Waals surface area contributed by atoms with Gasteiger partial charge in [0, 0.05) is 23.5 Å². The summed E-state index contributed by atoms with van der Waals surface area (Å²) in [7, 11) is -3.73. The monoisotopic (exact) mass is 356 g/mol. The first-order chi connectivity index (χ1) is 11.0. The number of nitrogens with one attached hydrogen (secondary N) is 1. The predicted octanol–water partition coefficient (Wildman–Crippen LogP) is 1.80. The van der Waals surface area contributed by atoms with Gasteiger partial charge in [-0.25, -0.2) is 13.2 Å². The van der Waals surface area contributed by atoms with Gasteiger partial charge in [0.1, 0.15) is 4.21 Å². The van der Waals surface area contributed by atoms with Crippen molar-refractivity contribution in [3.8, 4) is 0 Å². The third-order valence-corrected chi connectivity index (χ3v) is 8.97. The molecule has 23 heavy (non-hydrogen) atoms. The zero-order valence-corrected chi connectivity index (χ0v) is 14.4. The van der Waals surface area contributed by atoms with E-state index in [4.69, 9.17) is 0 Å². The van der Waals surface area contributed by atoms with Crippen LogP contribution < -0.4 is 5.32 Å². The number of rotatable bonds is 3. The molecule has 3 heterocycles. The molecule has 4 rings (SSSR count). The molecule has 6 nitrogen and oxygen atoms in total. The molecule has 1 spiro atoms. The molecule has 1 saturated carbocycles. The summed E-state index contributed by atoms with van der Waals surface area (Å²) >= 11 is 1.15. The Kier molecular flexibility index (Phi) is 3.57. The van der Waals surface area contributed by atoms with Gasteiger partial charge in [0.05, 0.1) is 5.56 Å². The molecule has 8 heteroatoms. The quantitative estimate of drug-likeness (QED) is 0.862. The summed E-state index contributed by atoms with van der Waals surface area (Å²) in [6, 6.07) is 0. The lowest BCUT2D eigenvalue weighted by Crippen LogP contribution is -2.45. The van der Waals surface area contributed by atoms with Gasteiger partial charge in [-0.1, -0.05) is 6.42 Å². The van der Waals surface area contributed by atoms with Crippen LogP contribution in [-0.2, 0) is 23.0 Å². The molecule has 2 N–H and O–H groups in total. The highest BCUT2D eigenvalue weighted by atomic mass is 32.2. The van der Waals surface area contributed by atoms with E-state index in [1.807, 2.05) is 0 Å². The largest absolute Gasteiger partial charge is 0.478 e. The molecule has 1 aromatic heterocycles. The Balaban J connectivity index is 1.83. The summed E-state index contributed by atoms with van der Waals surface area (Å²) in [5.74, 6) is -1.12. The molecule has 0 unspecified atom stereocenters. The Morgan fingerprint density at radius 1 is 1.26 bits per heavy atom. The number of aromatic carboxylic acids is 1. The fourth-order valence-electron chi connectivity index (χ4n) is 3.90. The molecular formula is C15H20N2O4S2. The molecule has 126 valence electrons. The molecule has 0 bridgehead atoms. The van der Waals surface area contributed by atoms with Gasteiger partial charge >= 0.3 is 5.97 Å². The minimum atomic E-state index is -3.73. The van der Waals surface area contributed by atoms with E-state index in [2.05, 4.69) is 5.32 Å². The zero-order chi connectivity index (χ0) is 16.2. The number of carboxylic acid groups (broad SMARTS) is 1. The van der Waals surface area contributed by atoms with Crippen LogP contribution in [0.3, 0.4) is 0 Å². The van der Waals surface area contributed by atoms with Gasteiger partial charge in [-0.05, 0) is 44.2 Å². The highest BCUT2D eigenvalue weighted by Gasteiger charge is 2.54. The van der Waals surface area contributed by atoms with Gasteiger partial charge in [-0.3, -0.25) is 0 Å². The van der Waals surface area contributed by atoms with E-state index in [0.717, 1.165) is 48.3 Å². The Hall–Kier alpha value is -0.960. The minimum Gasteiger partial charge on any atom is -0.478 e. The number of hydrogen-bond acceptors (Lipinski definition) is 5. The fraction of sp³-hybridized carbons (Fsp3) is 0.667. The summed E-state index contributed by atoms with van der Waals surface area (Å²) in [6.07, 6.45) is 5.21. The lowest BCUT2D eigenvalue weighted by Gasteiger charge is -2.34. The van der Waals surface area contributed by atoms with E-state index in [9.17, 15) is 18.3 Å². The van der Waals surface area contributed by atoms with Crippen molar-refractivity contribution < 1.29 is 18.3 Å². The van der Waals surface area contributed by atoms with E-state index in [1.165, 1.54) is 0 Å². The van der Waals surface area contributed by atoms with Crippen molar-refractivity contribution in [2.24, 2.45) is 0 Å². The standard InChI is InChI=1S/C15H20N2O4S2/c18-13(19)12-10-3-7-16-9-11(10)22-14(12)23(20,21)17-8-2-1-4-15(17)5-6-15/h16H,1-9H2,(H,18,19). The summed E-state index contributed by atoms with van der Waals surface area (Å²) < 4.78 is 28.1. The van der Waals surface area contributed by atoms with E-state index in [0.29, 0.717) is 31.6 Å². The van der Waals surface area contributed by atoms with Crippen LogP contribution in [0.4, 0.5) is 0 Å². The van der Waals surface area contributed by atoms with Crippen LogP contribution in [0.25, 0.3) is 0 Å². The van der Waals surface area contributed by atoms with Gasteiger partial charge < -0.3 is 10.4 Å². The van der Waals surface area contributed by atoms with Crippen molar-refractivity contribution in [1.29, 1.82) is 0 Å². The molecule has 1 aromatic rings. The lowest BCUT2D eigenvalue weighted by molar-refractivity contribution is 0.0692. The van der Waals surface area contributed by atoms with Crippen LogP contribution in [0, 0.1) is 0 Å². The smallest absolute Gasteiger partial charge is 0.338 e. The Morgan fingerprint density at radius 2 is 2.04 bits per heavy atom. The topological polar surface area (TPSA) is 86.7 Å². The number of nitrogens with zero attached hydrogens (tertiary/aromatic N) is 1. The van der Waals surface area contributed by atoms with E-state index in [-0.39, 0.29) is 15.3 Å². The second kappa shape index (κ2) is 5.27. The van der Waals surface area contributed by atoms with E-state index in [1.54, 1.807) is 4.31 Å². The number of piperidine rings is 1. The molecular weight excluding hydrogens is 336 g/mol. The highest BCUT2D eigenvalue weighted by Crippen LogP contribution is 2.51. The maximum atomic E-state index is 13.2. The second-order valence-electron chi connectivity index (χ2n) is 6.66. The third-order valence-electron chi connectivity index (χ3n) is 5.24. The highest BCUT2D eigenvalue weighted by molar-refractivity contribution is 7.91. The van der Waals surface area contributed by atoms with E-state index < -0.39 is 16.0 Å². The van der Waals surface area contributed by atoms with Crippen LogP contribution >= 0.6 is 11.3 Å². The molecule has 1 saturated heterocycles. The first-order valence-electron chi connectivity index (χ1n) is 8.07. The summed E-state index contributed by atoms with van der Waals surface area (Å²) in [6.45, 7) is 1.76. The van der Waals surface area contributed by atoms with Crippen molar-refractivity contribution in [3.05, 3.63) is 16.0 Å². The maximum absolute atomic E-state index is 13.2. The lowest BCUT2D eigenvalue weighted by atomic mass is 10.0. The first-order valence-corrected chi connectivity index (χ1v) is 10.3. The summed E-state index contributed by atoms with van der Waals surface area (Å²) in [5.41, 5.74) is 0.504. The van der Waals surface area contributed by atoms with Crippen LogP contribution in [0.2, 0.25) is 0 Å². The van der Waals surface area contributed by atoms with Gasteiger partial charge in [-0.2, -0.15) is 4.31 Å². The minimum absolute atomic E-state index is 0.0212. The molecule has 0 amide bonds. The normalized spacial score (nSPS) is 23.7. The number of thiophene rings is 1. The van der Waals surface area contributed by atoms with Crippen molar-refractivity contribution >= 4 is 27.3 Å². The SMILES string of the molecule is O=C(O)c1c(S(=O)(=O)N2CCCCC23CC3)sc2c1CCNC2. The third kappa shape index (κ3) is 2.34. The van der Waals surface area contributed by atoms with E-state index >= 15 is 0 Å². The van der Waals surface area contributed by atoms with Crippen molar-refractivity contribution in [3.63, 3.8) is 0 Å². The Bertz CT molecular complexity index is 765. The van der Waals surface area contributed by atoms with Crippen molar-refractivity contribution in [2.75, 3.05) is 13.1 Å². The second-order valence-corrected chi connectivity index (χ2v) is 9.82. The number of carbonyl (C=O) groups is 1. The molecule has 0 atom stereocenters. The van der Waals surface area contributed by atoms with Crippen molar-refractivity contribution in [1.82, 2.24) is 9.62 Å². The van der Waals surface area contributed by atoms with Crippen molar-refractivity contribution in [2.45, 2.75) is 54.8 Å². The Labute approximate surface area is 139 Å². The Morgan fingerprint density at radius 3 is 2.74 bits per heavy atom. The van der Waals surface area contributed by atoms with Gasteiger partial charge in [0.15, 0.2) is 0 Å². The molecule has 2 fully saturated rings. The van der Waals surface area contributed by atoms with Gasteiger partial charge in [0.25, 0.3) is 10.0 Å². The van der Waals surface area contributed by atoms with Crippen LogP contribution in [0.1, 0.15) is 52.9 Å². The number of sulfonamides is 1. The first kappa shape index (κ1) is 15.6. The van der Waals surface area contributed by atoms with Gasteiger partial charge in [0.2, 0.25) is 0 Å². The maximum Gasteiger partial charge on any atom is 0.338 e. The average molecular weight is 356 g/mol. The molecule has 0 aromatic carbocycles. The van der Waals surface area contributed by atoms with Crippen LogP contribution in [0.15, 0.2) is 4.21 Å². The molecule has 3 aliphatic rings. The number of fused-ring (bicyclic) bond motifs is 1. The predicted molar refractivity (Wildman–Crippen MR) is 86.4 cm³/mol. The number of hydrogen-bond donors (Lipinski definition) is 2. The fourth-order valence-corrected chi connectivity index (χ4v) is 7.75.